The monoisotopic (exact) mass is 225 g/mol. The fourth-order valence-electron chi connectivity index (χ4n) is 1.59. The first-order valence-corrected chi connectivity index (χ1v) is 5.69. The van der Waals surface area contributed by atoms with Gasteiger partial charge in [-0.15, -0.1) is 0 Å². The standard InChI is InChI=1S/C13H20FNO/c1-11(15-8-9-16-2)6-7-12-4-3-5-13(14)10-12/h3-5,10-11,15H,6-9H2,1-2H3. The van der Waals surface area contributed by atoms with Crippen molar-refractivity contribution in [2.24, 2.45) is 0 Å². The number of ether oxygens (including phenoxy) is 1. The minimum atomic E-state index is -0.155. The zero-order valence-corrected chi connectivity index (χ0v) is 10.0. The van der Waals surface area contributed by atoms with Crippen LogP contribution in [0.3, 0.4) is 0 Å². The largest absolute Gasteiger partial charge is 0.383 e. The summed E-state index contributed by atoms with van der Waals surface area (Å²) in [4.78, 5) is 0. The summed E-state index contributed by atoms with van der Waals surface area (Å²) >= 11 is 0. The summed E-state index contributed by atoms with van der Waals surface area (Å²) in [5.41, 5.74) is 1.06. The Hall–Kier alpha value is -0.930. The second-order valence-electron chi connectivity index (χ2n) is 4.02. The Labute approximate surface area is 96.8 Å². The fraction of sp³-hybridized carbons (Fsp3) is 0.538. The SMILES string of the molecule is COCCNC(C)CCc1cccc(F)c1. The second kappa shape index (κ2) is 7.36. The molecule has 0 radical (unpaired) electrons. The highest BCUT2D eigenvalue weighted by molar-refractivity contribution is 5.16. The Kier molecular flexibility index (Phi) is 6.04. The van der Waals surface area contributed by atoms with E-state index < -0.39 is 0 Å². The first-order chi connectivity index (χ1) is 7.72. The van der Waals surface area contributed by atoms with Crippen LogP contribution in [0.15, 0.2) is 24.3 Å². The van der Waals surface area contributed by atoms with Crippen LogP contribution in [0.5, 0.6) is 0 Å². The zero-order valence-electron chi connectivity index (χ0n) is 10.0. The minimum absolute atomic E-state index is 0.155. The van der Waals surface area contributed by atoms with Gasteiger partial charge in [-0.3, -0.25) is 0 Å². The molecule has 0 spiro atoms. The number of nitrogens with one attached hydrogen (secondary N) is 1. The van der Waals surface area contributed by atoms with Crippen molar-refractivity contribution in [1.29, 1.82) is 0 Å². The quantitative estimate of drug-likeness (QED) is 0.719. The molecular formula is C13H20FNO. The van der Waals surface area contributed by atoms with Crippen LogP contribution >= 0.6 is 0 Å². The Morgan fingerprint density at radius 1 is 1.44 bits per heavy atom. The van der Waals surface area contributed by atoms with E-state index in [4.69, 9.17) is 4.74 Å². The van der Waals surface area contributed by atoms with E-state index in [2.05, 4.69) is 12.2 Å². The maximum absolute atomic E-state index is 12.9. The predicted octanol–water partition coefficient (Wildman–Crippen LogP) is 2.38. The number of hydrogen-bond acceptors (Lipinski definition) is 2. The Bertz CT molecular complexity index is 304. The second-order valence-corrected chi connectivity index (χ2v) is 4.02. The first-order valence-electron chi connectivity index (χ1n) is 5.69. The van der Waals surface area contributed by atoms with Crippen LogP contribution in [0.25, 0.3) is 0 Å². The number of hydrogen-bond donors (Lipinski definition) is 1. The Balaban J connectivity index is 2.23. The molecule has 16 heavy (non-hydrogen) atoms. The molecule has 0 aliphatic carbocycles. The van der Waals surface area contributed by atoms with Crippen molar-refractivity contribution >= 4 is 0 Å². The van der Waals surface area contributed by atoms with Gasteiger partial charge in [0.25, 0.3) is 0 Å². The highest BCUT2D eigenvalue weighted by Gasteiger charge is 2.02. The van der Waals surface area contributed by atoms with Crippen molar-refractivity contribution in [1.82, 2.24) is 5.32 Å². The molecule has 1 aromatic carbocycles. The molecule has 90 valence electrons. The van der Waals surface area contributed by atoms with E-state index in [1.54, 1.807) is 19.2 Å². The zero-order chi connectivity index (χ0) is 11.8. The lowest BCUT2D eigenvalue weighted by Crippen LogP contribution is -2.29. The maximum Gasteiger partial charge on any atom is 0.123 e. The van der Waals surface area contributed by atoms with E-state index in [0.29, 0.717) is 6.04 Å². The summed E-state index contributed by atoms with van der Waals surface area (Å²) in [6, 6.07) is 7.23. The van der Waals surface area contributed by atoms with Crippen LogP contribution in [0.1, 0.15) is 18.9 Å². The highest BCUT2D eigenvalue weighted by Crippen LogP contribution is 2.07. The van der Waals surface area contributed by atoms with Gasteiger partial charge < -0.3 is 10.1 Å². The molecule has 0 bridgehead atoms. The van der Waals surface area contributed by atoms with Crippen LogP contribution in [0, 0.1) is 5.82 Å². The van der Waals surface area contributed by atoms with Crippen molar-refractivity contribution in [2.75, 3.05) is 20.3 Å². The third-order valence-electron chi connectivity index (χ3n) is 2.55. The molecule has 0 aliphatic heterocycles. The lowest BCUT2D eigenvalue weighted by molar-refractivity contribution is 0.196. The van der Waals surface area contributed by atoms with Gasteiger partial charge in [0.05, 0.1) is 6.61 Å². The molecule has 0 saturated heterocycles. The molecule has 1 unspecified atom stereocenters. The van der Waals surface area contributed by atoms with Crippen LogP contribution in [0.2, 0.25) is 0 Å². The van der Waals surface area contributed by atoms with E-state index >= 15 is 0 Å². The maximum atomic E-state index is 12.9. The van der Waals surface area contributed by atoms with Crippen LogP contribution < -0.4 is 5.32 Å². The fourth-order valence-corrected chi connectivity index (χ4v) is 1.59. The number of halogens is 1. The molecule has 0 saturated carbocycles. The van der Waals surface area contributed by atoms with E-state index in [9.17, 15) is 4.39 Å². The Morgan fingerprint density at radius 2 is 2.25 bits per heavy atom. The molecule has 1 atom stereocenters. The average Bonchev–Trinajstić information content (AvgIpc) is 2.27. The van der Waals surface area contributed by atoms with E-state index in [1.807, 2.05) is 6.07 Å². The molecule has 3 heteroatoms. The predicted molar refractivity (Wildman–Crippen MR) is 64.1 cm³/mol. The van der Waals surface area contributed by atoms with Crippen LogP contribution in [-0.2, 0) is 11.2 Å². The summed E-state index contributed by atoms with van der Waals surface area (Å²) in [5.74, 6) is -0.155. The molecule has 0 amide bonds. The van der Waals surface area contributed by atoms with Crippen molar-refractivity contribution in [3.63, 3.8) is 0 Å². The minimum Gasteiger partial charge on any atom is -0.383 e. The molecule has 0 aromatic heterocycles. The number of rotatable bonds is 7. The van der Waals surface area contributed by atoms with Crippen molar-refractivity contribution in [2.45, 2.75) is 25.8 Å². The molecule has 0 heterocycles. The van der Waals surface area contributed by atoms with E-state index in [1.165, 1.54) is 6.07 Å². The van der Waals surface area contributed by atoms with Gasteiger partial charge in [-0.1, -0.05) is 12.1 Å². The number of benzene rings is 1. The summed E-state index contributed by atoms with van der Waals surface area (Å²) in [6.45, 7) is 3.72. The van der Waals surface area contributed by atoms with Crippen molar-refractivity contribution in [3.8, 4) is 0 Å². The van der Waals surface area contributed by atoms with Gasteiger partial charge in [0, 0.05) is 19.7 Å². The van der Waals surface area contributed by atoms with Gasteiger partial charge in [0.2, 0.25) is 0 Å². The molecular weight excluding hydrogens is 205 g/mol. The van der Waals surface area contributed by atoms with Crippen LogP contribution in [-0.4, -0.2) is 26.3 Å². The topological polar surface area (TPSA) is 21.3 Å². The van der Waals surface area contributed by atoms with Gasteiger partial charge in [-0.2, -0.15) is 0 Å². The molecule has 0 aliphatic rings. The van der Waals surface area contributed by atoms with Gasteiger partial charge in [0.15, 0.2) is 0 Å². The van der Waals surface area contributed by atoms with Gasteiger partial charge in [-0.25, -0.2) is 4.39 Å². The normalized spacial score (nSPS) is 12.7. The molecule has 1 rings (SSSR count). The lowest BCUT2D eigenvalue weighted by Gasteiger charge is -2.13. The third-order valence-corrected chi connectivity index (χ3v) is 2.55. The number of aryl methyl sites for hydroxylation is 1. The van der Waals surface area contributed by atoms with E-state index in [-0.39, 0.29) is 5.82 Å². The van der Waals surface area contributed by atoms with Crippen molar-refractivity contribution < 1.29 is 9.13 Å². The first kappa shape index (κ1) is 13.1. The summed E-state index contributed by atoms with van der Waals surface area (Å²) < 4.78 is 17.9. The summed E-state index contributed by atoms with van der Waals surface area (Å²) in [5, 5.41) is 3.35. The smallest absolute Gasteiger partial charge is 0.123 e. The van der Waals surface area contributed by atoms with Crippen LogP contribution in [0.4, 0.5) is 4.39 Å². The third kappa shape index (κ3) is 5.24. The average molecular weight is 225 g/mol. The summed E-state index contributed by atoms with van der Waals surface area (Å²) in [7, 11) is 1.69. The lowest BCUT2D eigenvalue weighted by atomic mass is 10.1. The van der Waals surface area contributed by atoms with Gasteiger partial charge in [0.1, 0.15) is 5.82 Å². The highest BCUT2D eigenvalue weighted by atomic mass is 19.1. The molecule has 0 fully saturated rings. The Morgan fingerprint density at radius 3 is 2.94 bits per heavy atom. The number of methoxy groups -OCH3 is 1. The summed E-state index contributed by atoms with van der Waals surface area (Å²) in [6.07, 6.45) is 1.91. The molecule has 1 N–H and O–H groups in total. The molecule has 1 aromatic rings. The van der Waals surface area contributed by atoms with Gasteiger partial charge in [-0.05, 0) is 37.5 Å². The van der Waals surface area contributed by atoms with Gasteiger partial charge >= 0.3 is 0 Å². The van der Waals surface area contributed by atoms with Crippen molar-refractivity contribution in [3.05, 3.63) is 35.6 Å². The molecule has 2 nitrogen and oxygen atoms in total. The van der Waals surface area contributed by atoms with E-state index in [0.717, 1.165) is 31.6 Å².